The van der Waals surface area contributed by atoms with Crippen molar-refractivity contribution < 1.29 is 61.6 Å². The fourth-order valence-electron chi connectivity index (χ4n) is 4.52. The van der Waals surface area contributed by atoms with Gasteiger partial charge in [-0.05, 0) is 63.0 Å². The summed E-state index contributed by atoms with van der Waals surface area (Å²) in [4.78, 5) is 61.2. The number of amides is 1. The van der Waals surface area contributed by atoms with Crippen LogP contribution in [-0.2, 0) is 52.0 Å². The Morgan fingerprint density at radius 2 is 1.35 bits per heavy atom. The molecule has 2 rings (SSSR count). The lowest BCUT2D eigenvalue weighted by Crippen LogP contribution is -2.64. The molecule has 1 N–H and O–H groups in total. The summed E-state index contributed by atoms with van der Waals surface area (Å²) in [6.07, 6.45) is -7.96. The average molecular weight is 698 g/mol. The predicted octanol–water partition coefficient (Wildman–Crippen LogP) is 4.74. The summed E-state index contributed by atoms with van der Waals surface area (Å²) in [6.45, 7) is 19.7. The van der Waals surface area contributed by atoms with Crippen molar-refractivity contribution in [2.45, 2.75) is 129 Å². The summed E-state index contributed by atoms with van der Waals surface area (Å²) in [5, 5.41) is 2.70. The molecule has 1 heterocycles. The van der Waals surface area contributed by atoms with Gasteiger partial charge < -0.3 is 42.9 Å². The smallest absolute Gasteiger partial charge is 0.407 e. The Morgan fingerprint density at radius 1 is 0.833 bits per heavy atom. The van der Waals surface area contributed by atoms with Gasteiger partial charge in [0.05, 0.1) is 13.2 Å². The zero-order valence-electron chi connectivity index (χ0n) is 30.0. The first-order valence-corrected chi connectivity index (χ1v) is 18.6. The predicted molar refractivity (Wildman–Crippen MR) is 174 cm³/mol. The van der Waals surface area contributed by atoms with Gasteiger partial charge in [-0.2, -0.15) is 0 Å². The van der Waals surface area contributed by atoms with Gasteiger partial charge in [0.2, 0.25) is 12.4 Å². The molecule has 1 fully saturated rings. The molecule has 1 aliphatic heterocycles. The van der Waals surface area contributed by atoms with Crippen molar-refractivity contribution in [2.24, 2.45) is 0 Å². The van der Waals surface area contributed by atoms with E-state index in [1.807, 2.05) is 0 Å². The number of methoxy groups -OCH3 is 1. The van der Waals surface area contributed by atoms with Gasteiger partial charge in [0.25, 0.3) is 0 Å². The molecule has 270 valence electrons. The van der Waals surface area contributed by atoms with Crippen molar-refractivity contribution in [1.29, 1.82) is 0 Å². The summed E-state index contributed by atoms with van der Waals surface area (Å²) in [5.41, 5.74) is 0.170. The van der Waals surface area contributed by atoms with Crippen LogP contribution in [-0.4, -0.2) is 88.2 Å². The molecule has 48 heavy (non-hydrogen) atoms. The minimum atomic E-state index is -2.27. The Morgan fingerprint density at radius 3 is 1.83 bits per heavy atom. The van der Waals surface area contributed by atoms with E-state index in [1.165, 1.54) is 0 Å². The Hall–Kier alpha value is -3.69. The van der Waals surface area contributed by atoms with Crippen molar-refractivity contribution in [2.75, 3.05) is 13.7 Å². The lowest BCUT2D eigenvalue weighted by Gasteiger charge is -2.43. The van der Waals surface area contributed by atoms with E-state index >= 15 is 0 Å². The number of rotatable bonds is 12. The van der Waals surface area contributed by atoms with Crippen LogP contribution in [0.15, 0.2) is 24.3 Å². The molecule has 0 aliphatic carbocycles. The zero-order valence-corrected chi connectivity index (χ0v) is 31.0. The van der Waals surface area contributed by atoms with Crippen LogP contribution in [0.4, 0.5) is 4.79 Å². The van der Waals surface area contributed by atoms with E-state index in [-0.39, 0.29) is 10.8 Å². The number of carbonyl (C=O) groups is 5. The van der Waals surface area contributed by atoms with Crippen molar-refractivity contribution in [1.82, 2.24) is 5.32 Å². The number of benzene rings is 1. The summed E-state index contributed by atoms with van der Waals surface area (Å²) < 4.78 is 45.0. The Labute approximate surface area is 283 Å². The summed E-state index contributed by atoms with van der Waals surface area (Å²) in [5.74, 6) is -3.06. The Balaban J connectivity index is 2.42. The van der Waals surface area contributed by atoms with E-state index in [2.05, 4.69) is 39.2 Å². The van der Waals surface area contributed by atoms with Gasteiger partial charge in [-0.25, -0.2) is 9.59 Å². The number of esters is 4. The molecule has 6 atom stereocenters. The van der Waals surface area contributed by atoms with Crippen LogP contribution >= 0.6 is 0 Å². The zero-order chi connectivity index (χ0) is 36.6. The van der Waals surface area contributed by atoms with Gasteiger partial charge in [0.15, 0.2) is 26.6 Å². The third-order valence-corrected chi connectivity index (χ3v) is 12.1. The molecule has 0 radical (unpaired) electrons. The second-order valence-electron chi connectivity index (χ2n) is 13.9. The second-order valence-corrected chi connectivity index (χ2v) is 18.7. The van der Waals surface area contributed by atoms with Crippen LogP contribution in [0.5, 0.6) is 5.75 Å². The molecule has 1 saturated heterocycles. The van der Waals surface area contributed by atoms with Gasteiger partial charge in [-0.3, -0.25) is 14.4 Å². The first kappa shape index (κ1) is 40.5. The average Bonchev–Trinajstić information content (AvgIpc) is 2.93. The van der Waals surface area contributed by atoms with Crippen LogP contribution in [0.25, 0.3) is 0 Å². The molecular weight excluding hydrogens is 646 g/mol. The molecule has 0 aromatic heterocycles. The molecule has 15 heteroatoms. The minimum Gasteiger partial charge on any atom is -0.467 e. The highest BCUT2D eigenvalue weighted by Gasteiger charge is 2.56. The maximum atomic E-state index is 12.7. The number of alkyl carbamates (subject to hydrolysis) is 1. The number of carbonyl (C=O) groups excluding carboxylic acids is 5. The summed E-state index contributed by atoms with van der Waals surface area (Å²) in [7, 11) is -1.16. The highest BCUT2D eigenvalue weighted by Crippen LogP contribution is 2.41. The molecular formula is C33H51NO13Si. The van der Waals surface area contributed by atoms with E-state index in [1.54, 1.807) is 45.0 Å². The van der Waals surface area contributed by atoms with Gasteiger partial charge in [-0.1, -0.05) is 32.9 Å². The van der Waals surface area contributed by atoms with E-state index in [4.69, 9.17) is 37.6 Å². The molecule has 1 unspecified atom stereocenters. The quantitative estimate of drug-likeness (QED) is 0.181. The maximum absolute atomic E-state index is 12.7. The highest BCUT2D eigenvalue weighted by molar-refractivity contribution is 6.74. The van der Waals surface area contributed by atoms with Crippen LogP contribution in [0.2, 0.25) is 18.1 Å². The normalized spacial score (nSPS) is 22.0. The third kappa shape index (κ3) is 12.1. The molecule has 0 spiro atoms. The van der Waals surface area contributed by atoms with Gasteiger partial charge in [0, 0.05) is 27.3 Å². The number of nitrogens with one attached hydrogen (secondary N) is 1. The lowest BCUT2D eigenvalue weighted by atomic mass is 9.97. The number of hydrogen-bond donors (Lipinski definition) is 1. The topological polar surface area (TPSA) is 171 Å². The molecule has 1 aliphatic rings. The van der Waals surface area contributed by atoms with Crippen LogP contribution in [0.1, 0.15) is 80.4 Å². The van der Waals surface area contributed by atoms with E-state index in [0.29, 0.717) is 13.0 Å². The highest BCUT2D eigenvalue weighted by atomic mass is 28.4. The van der Waals surface area contributed by atoms with Gasteiger partial charge >= 0.3 is 30.0 Å². The van der Waals surface area contributed by atoms with E-state index < -0.39 is 80.7 Å². The lowest BCUT2D eigenvalue weighted by molar-refractivity contribution is -0.282. The van der Waals surface area contributed by atoms with Crippen molar-refractivity contribution >= 4 is 38.3 Å². The van der Waals surface area contributed by atoms with Gasteiger partial charge in [0.1, 0.15) is 11.4 Å². The molecule has 1 aromatic carbocycles. The fraction of sp³-hybridized carbons (Fsp3) is 0.667. The molecule has 0 saturated carbocycles. The number of ether oxygens (including phenoxy) is 7. The minimum absolute atomic E-state index is 0.0877. The van der Waals surface area contributed by atoms with E-state index in [9.17, 15) is 24.0 Å². The van der Waals surface area contributed by atoms with Gasteiger partial charge in [-0.15, -0.1) is 0 Å². The van der Waals surface area contributed by atoms with Crippen LogP contribution in [0, 0.1) is 0 Å². The first-order chi connectivity index (χ1) is 22.0. The van der Waals surface area contributed by atoms with Crippen molar-refractivity contribution in [3.8, 4) is 5.75 Å². The maximum Gasteiger partial charge on any atom is 0.407 e. The third-order valence-electron chi connectivity index (χ3n) is 7.66. The SMILES string of the molecule is COC(=O)[C@H]1O[C@H](Oc2ccc(C(CCNC(=O)OC(C)(C)C)O[Si](C)(C)C(C)(C)C)cc2)[C@H](OC(C)=O)[C@@H](OC(C)=O)[C@@H]1OC(C)=O. The first-order valence-electron chi connectivity index (χ1n) is 15.7. The molecule has 0 bridgehead atoms. The summed E-state index contributed by atoms with van der Waals surface area (Å²) in [6, 6.07) is 6.85. The molecule has 14 nitrogen and oxygen atoms in total. The van der Waals surface area contributed by atoms with E-state index in [0.717, 1.165) is 33.4 Å². The van der Waals surface area contributed by atoms with Crippen molar-refractivity contribution in [3.63, 3.8) is 0 Å². The second kappa shape index (κ2) is 16.6. The monoisotopic (exact) mass is 697 g/mol. The van der Waals surface area contributed by atoms with Crippen LogP contribution < -0.4 is 10.1 Å². The molecule has 1 aromatic rings. The number of hydrogen-bond acceptors (Lipinski definition) is 13. The largest absolute Gasteiger partial charge is 0.467 e. The standard InChI is InChI=1S/C33H51NO13Si/c1-19(35)41-25-26(42-20(2)36)28(43-21(3)37)30(45-27(25)29(38)40-10)44-23-15-13-22(14-16-23)24(47-48(11,12)33(7,8)9)17-18-34-31(39)46-32(4,5)6/h13-16,24-28,30H,17-18H2,1-12H3,(H,34,39)/t24?,25-,26-,27-,28+,30-/m0/s1. The fourth-order valence-corrected chi connectivity index (χ4v) is 5.83. The Kier molecular flexibility index (Phi) is 14.0. The Bertz CT molecular complexity index is 1290. The van der Waals surface area contributed by atoms with Crippen molar-refractivity contribution in [3.05, 3.63) is 29.8 Å². The summed E-state index contributed by atoms with van der Waals surface area (Å²) >= 11 is 0. The molecule has 1 amide bonds. The van der Waals surface area contributed by atoms with Crippen LogP contribution in [0.3, 0.4) is 0 Å².